The number of unbranched alkanes of at least 4 members (excludes halogenated alkanes) is 2. The summed E-state index contributed by atoms with van der Waals surface area (Å²) >= 11 is 0. The Balaban J connectivity index is 2.21. The molecule has 1 aromatic carbocycles. The SMILES string of the molecule is CCCCc1cc(CC(=C=O)C(=O)OC2CC(C)(C)N(C)C(C)(C)C2)cc(CCCC)c1O. The van der Waals surface area contributed by atoms with Crippen molar-refractivity contribution in [1.29, 1.82) is 0 Å². The zero-order valence-electron chi connectivity index (χ0n) is 21.7. The number of hydrogen-bond acceptors (Lipinski definition) is 5. The molecule has 0 atom stereocenters. The fraction of sp³-hybridized carbons (Fsp3) is 0.679. The van der Waals surface area contributed by atoms with Crippen molar-refractivity contribution < 1.29 is 19.4 Å². The van der Waals surface area contributed by atoms with Gasteiger partial charge in [-0.1, -0.05) is 38.8 Å². The lowest BCUT2D eigenvalue weighted by molar-refractivity contribution is -0.154. The van der Waals surface area contributed by atoms with Gasteiger partial charge in [0, 0.05) is 30.3 Å². The van der Waals surface area contributed by atoms with E-state index < -0.39 is 5.97 Å². The van der Waals surface area contributed by atoms with E-state index in [2.05, 4.69) is 53.5 Å². The lowest BCUT2D eigenvalue weighted by atomic mass is 9.78. The van der Waals surface area contributed by atoms with Crippen molar-refractivity contribution in [3.63, 3.8) is 0 Å². The predicted octanol–water partition coefficient (Wildman–Crippen LogP) is 5.57. The van der Waals surface area contributed by atoms with Crippen LogP contribution in [0.3, 0.4) is 0 Å². The minimum atomic E-state index is -0.579. The van der Waals surface area contributed by atoms with Gasteiger partial charge in [0.1, 0.15) is 23.4 Å². The summed E-state index contributed by atoms with van der Waals surface area (Å²) in [6, 6.07) is 3.85. The van der Waals surface area contributed by atoms with Crippen molar-refractivity contribution in [3.05, 3.63) is 34.4 Å². The van der Waals surface area contributed by atoms with Gasteiger partial charge in [0.2, 0.25) is 0 Å². The lowest BCUT2D eigenvalue weighted by Crippen LogP contribution is -2.60. The fourth-order valence-corrected chi connectivity index (χ4v) is 4.99. The van der Waals surface area contributed by atoms with Crippen LogP contribution in [0.25, 0.3) is 0 Å². The number of likely N-dealkylation sites (tertiary alicyclic amines) is 1. The number of ether oxygens (including phenoxy) is 1. The molecule has 0 unspecified atom stereocenters. The van der Waals surface area contributed by atoms with Gasteiger partial charge in [-0.3, -0.25) is 4.90 Å². The minimum Gasteiger partial charge on any atom is -0.507 e. The summed E-state index contributed by atoms with van der Waals surface area (Å²) in [5.74, 6) is 1.63. The number of nitrogens with zero attached hydrogens (tertiary/aromatic N) is 1. The molecule has 1 aromatic rings. The van der Waals surface area contributed by atoms with Crippen molar-refractivity contribution >= 4 is 11.9 Å². The highest BCUT2D eigenvalue weighted by Gasteiger charge is 2.44. The molecule has 0 aliphatic carbocycles. The highest BCUT2D eigenvalue weighted by Crippen LogP contribution is 2.38. The van der Waals surface area contributed by atoms with Crippen LogP contribution in [0.5, 0.6) is 5.75 Å². The molecule has 0 aromatic heterocycles. The van der Waals surface area contributed by atoms with Crippen molar-refractivity contribution in [2.24, 2.45) is 0 Å². The number of carbonyl (C=O) groups is 1. The summed E-state index contributed by atoms with van der Waals surface area (Å²) in [5, 5.41) is 10.7. The molecule has 1 fully saturated rings. The van der Waals surface area contributed by atoms with Crippen LogP contribution in [-0.4, -0.2) is 46.1 Å². The van der Waals surface area contributed by atoms with Crippen LogP contribution in [0, 0.1) is 0 Å². The average molecular weight is 458 g/mol. The molecule has 0 spiro atoms. The molecule has 1 aliphatic heterocycles. The molecule has 0 bridgehead atoms. The van der Waals surface area contributed by atoms with Crippen molar-refractivity contribution in [1.82, 2.24) is 4.90 Å². The van der Waals surface area contributed by atoms with E-state index in [1.807, 2.05) is 18.1 Å². The van der Waals surface area contributed by atoms with Gasteiger partial charge in [-0.05, 0) is 77.1 Å². The minimum absolute atomic E-state index is 0.0121. The molecule has 1 aliphatic rings. The summed E-state index contributed by atoms with van der Waals surface area (Å²) in [4.78, 5) is 27.0. The smallest absolute Gasteiger partial charge is 0.345 e. The van der Waals surface area contributed by atoms with Crippen LogP contribution in [0.15, 0.2) is 17.7 Å². The number of aryl methyl sites for hydroxylation is 2. The molecule has 5 heteroatoms. The van der Waals surface area contributed by atoms with Gasteiger partial charge < -0.3 is 9.84 Å². The number of phenols is 1. The molecule has 0 saturated carbocycles. The van der Waals surface area contributed by atoms with Crippen LogP contribution in [0.1, 0.15) is 96.8 Å². The third kappa shape index (κ3) is 6.94. The molecule has 0 amide bonds. The number of carbonyl (C=O) groups excluding carboxylic acids is 2. The van der Waals surface area contributed by atoms with Crippen LogP contribution in [0.4, 0.5) is 0 Å². The third-order valence-corrected chi connectivity index (χ3v) is 7.22. The second-order valence-electron chi connectivity index (χ2n) is 10.8. The zero-order valence-corrected chi connectivity index (χ0v) is 21.7. The van der Waals surface area contributed by atoms with Crippen LogP contribution in [0.2, 0.25) is 0 Å². The first kappa shape index (κ1) is 27.1. The number of esters is 1. The maximum absolute atomic E-state index is 12.9. The molecule has 33 heavy (non-hydrogen) atoms. The van der Waals surface area contributed by atoms with E-state index in [-0.39, 0.29) is 29.2 Å². The monoisotopic (exact) mass is 457 g/mol. The summed E-state index contributed by atoms with van der Waals surface area (Å²) in [5.41, 5.74) is 2.41. The lowest BCUT2D eigenvalue weighted by Gasteiger charge is -2.53. The first-order valence-corrected chi connectivity index (χ1v) is 12.5. The second-order valence-corrected chi connectivity index (χ2v) is 10.8. The fourth-order valence-electron chi connectivity index (χ4n) is 4.99. The quantitative estimate of drug-likeness (QED) is 0.282. The summed E-state index contributed by atoms with van der Waals surface area (Å²) in [6.45, 7) is 12.8. The van der Waals surface area contributed by atoms with E-state index in [4.69, 9.17) is 4.74 Å². The number of hydrogen-bond donors (Lipinski definition) is 1. The van der Waals surface area contributed by atoms with Crippen LogP contribution in [-0.2, 0) is 33.6 Å². The highest BCUT2D eigenvalue weighted by atomic mass is 16.5. The maximum Gasteiger partial charge on any atom is 0.345 e. The second kappa shape index (κ2) is 11.4. The summed E-state index contributed by atoms with van der Waals surface area (Å²) in [6.07, 6.45) is 6.92. The molecular formula is C28H43NO4. The standard InChI is InChI=1S/C28H43NO4/c1-8-10-12-21-14-20(15-22(25(21)31)13-11-9-2)16-23(19-30)26(32)33-24-17-27(3,4)29(7)28(5,6)18-24/h14-15,24,31H,8-13,16-18H2,1-7H3. The largest absolute Gasteiger partial charge is 0.507 e. The Morgan fingerprint density at radius 2 is 1.55 bits per heavy atom. The topological polar surface area (TPSA) is 66.8 Å². The Bertz CT molecular complexity index is 833. The number of aromatic hydroxyl groups is 1. The Morgan fingerprint density at radius 3 is 1.97 bits per heavy atom. The molecule has 184 valence electrons. The van der Waals surface area contributed by atoms with E-state index in [9.17, 15) is 14.7 Å². The van der Waals surface area contributed by atoms with Gasteiger partial charge in [0.05, 0.1) is 0 Å². The first-order chi connectivity index (χ1) is 15.4. The van der Waals surface area contributed by atoms with Gasteiger partial charge in [-0.25, -0.2) is 9.59 Å². The molecule has 1 saturated heterocycles. The predicted molar refractivity (Wildman–Crippen MR) is 133 cm³/mol. The van der Waals surface area contributed by atoms with E-state index in [1.165, 1.54) is 0 Å². The zero-order chi connectivity index (χ0) is 24.8. The van der Waals surface area contributed by atoms with Crippen molar-refractivity contribution in [3.8, 4) is 5.75 Å². The Hall–Kier alpha value is -2.10. The number of piperidine rings is 1. The first-order valence-electron chi connectivity index (χ1n) is 12.5. The number of phenolic OH excluding ortho intramolecular Hbond substituents is 1. The molecule has 1 N–H and O–H groups in total. The highest BCUT2D eigenvalue weighted by molar-refractivity contribution is 5.97. The molecule has 0 radical (unpaired) electrons. The van der Waals surface area contributed by atoms with E-state index >= 15 is 0 Å². The van der Waals surface area contributed by atoms with E-state index in [0.29, 0.717) is 18.6 Å². The number of benzene rings is 1. The van der Waals surface area contributed by atoms with E-state index in [1.54, 1.807) is 0 Å². The third-order valence-electron chi connectivity index (χ3n) is 7.22. The number of rotatable bonds is 10. The Morgan fingerprint density at radius 1 is 1.06 bits per heavy atom. The van der Waals surface area contributed by atoms with Gasteiger partial charge in [-0.2, -0.15) is 0 Å². The molecule has 2 rings (SSSR count). The Labute approximate surface area is 200 Å². The maximum atomic E-state index is 12.9. The molecule has 1 heterocycles. The van der Waals surface area contributed by atoms with Gasteiger partial charge in [-0.15, -0.1) is 0 Å². The Kier molecular flexibility index (Phi) is 9.34. The molecular weight excluding hydrogens is 414 g/mol. The van der Waals surface area contributed by atoms with Gasteiger partial charge in [0.15, 0.2) is 0 Å². The average Bonchev–Trinajstić information content (AvgIpc) is 2.74. The summed E-state index contributed by atoms with van der Waals surface area (Å²) in [7, 11) is 2.10. The molecule has 5 nitrogen and oxygen atoms in total. The van der Waals surface area contributed by atoms with Crippen molar-refractivity contribution in [2.75, 3.05) is 7.05 Å². The van der Waals surface area contributed by atoms with Gasteiger partial charge in [0.25, 0.3) is 0 Å². The van der Waals surface area contributed by atoms with Crippen LogP contribution >= 0.6 is 0 Å². The van der Waals surface area contributed by atoms with Crippen molar-refractivity contribution in [2.45, 2.75) is 117 Å². The summed E-state index contributed by atoms with van der Waals surface area (Å²) < 4.78 is 5.84. The normalized spacial score (nSPS) is 18.0. The van der Waals surface area contributed by atoms with Crippen LogP contribution < -0.4 is 0 Å². The van der Waals surface area contributed by atoms with E-state index in [0.717, 1.165) is 55.2 Å². The van der Waals surface area contributed by atoms with Gasteiger partial charge >= 0.3 is 5.97 Å².